The van der Waals surface area contributed by atoms with Crippen LogP contribution in [0.15, 0.2) is 133 Å². The highest BCUT2D eigenvalue weighted by Crippen LogP contribution is 2.51. The van der Waals surface area contributed by atoms with Crippen molar-refractivity contribution in [3.63, 3.8) is 0 Å². The van der Waals surface area contributed by atoms with Crippen LogP contribution in [-0.2, 0) is 0 Å². The van der Waals surface area contributed by atoms with Gasteiger partial charge in [-0.05, 0) is 105 Å². The molecule has 0 aliphatic heterocycles. The van der Waals surface area contributed by atoms with Gasteiger partial charge in [0.1, 0.15) is 0 Å². The van der Waals surface area contributed by atoms with E-state index in [4.69, 9.17) is 0 Å². The van der Waals surface area contributed by atoms with Gasteiger partial charge in [-0.1, -0.05) is 115 Å². The number of hydrogen-bond donors (Lipinski definition) is 0. The maximum Gasteiger partial charge on any atom is -0.00199 e. The summed E-state index contributed by atoms with van der Waals surface area (Å²) in [4.78, 5) is 0. The summed E-state index contributed by atoms with van der Waals surface area (Å²) in [5, 5.41) is 13.2. The van der Waals surface area contributed by atoms with Crippen molar-refractivity contribution in [2.24, 2.45) is 0 Å². The highest BCUT2D eigenvalue weighted by atomic mass is 14.3. The Balaban J connectivity index is 1.49. The molecule has 0 heterocycles. The van der Waals surface area contributed by atoms with E-state index in [-0.39, 0.29) is 0 Å². The molecule has 0 atom stereocenters. The van der Waals surface area contributed by atoms with Crippen LogP contribution in [0.25, 0.3) is 87.2 Å². The summed E-state index contributed by atoms with van der Waals surface area (Å²) in [5.74, 6) is 0. The van der Waals surface area contributed by atoms with Crippen LogP contribution in [0.2, 0.25) is 0 Å². The van der Waals surface area contributed by atoms with E-state index >= 15 is 0 Å². The first-order valence-corrected chi connectivity index (χ1v) is 13.3. The van der Waals surface area contributed by atoms with Crippen molar-refractivity contribution in [1.82, 2.24) is 0 Å². The normalized spacial score (nSPS) is 12.2. The van der Waals surface area contributed by atoms with Gasteiger partial charge in [0.05, 0.1) is 0 Å². The summed E-state index contributed by atoms with van der Waals surface area (Å²) in [7, 11) is 0. The molecule has 8 aromatic rings. The fraction of sp³-hybridized carbons (Fsp3) is 0. The van der Waals surface area contributed by atoms with Gasteiger partial charge in [0.2, 0.25) is 0 Å². The molecule has 0 nitrogen and oxygen atoms in total. The standard InChI is InChI=1S/C38H22/c1-2-11-24-23(10-1)20-33(27-14-5-3-12-25(24)27)34-21-36-32-19-9-18-31-26-13-4-8-17-30(26)37(38(31)32)22-35(36)29-16-7-6-15-28(29)34/h1-22H. The topological polar surface area (TPSA) is 0 Å². The number of fused-ring (bicyclic) bond motifs is 10. The van der Waals surface area contributed by atoms with Gasteiger partial charge in [-0.2, -0.15) is 0 Å². The Morgan fingerprint density at radius 3 is 1.47 bits per heavy atom. The van der Waals surface area contributed by atoms with Crippen molar-refractivity contribution in [2.45, 2.75) is 0 Å². The second-order valence-corrected chi connectivity index (χ2v) is 10.5. The van der Waals surface area contributed by atoms with Crippen molar-refractivity contribution in [2.75, 3.05) is 0 Å². The van der Waals surface area contributed by atoms with Crippen molar-refractivity contribution < 1.29 is 0 Å². The zero-order chi connectivity index (χ0) is 24.8. The lowest BCUT2D eigenvalue weighted by Crippen LogP contribution is -1.89. The van der Waals surface area contributed by atoms with Gasteiger partial charge in [0.15, 0.2) is 0 Å². The molecular weight excluding hydrogens is 456 g/mol. The molecule has 1 aliphatic carbocycles. The summed E-state index contributed by atoms with van der Waals surface area (Å²) in [6.45, 7) is 0. The van der Waals surface area contributed by atoms with Gasteiger partial charge in [-0.25, -0.2) is 0 Å². The first-order chi connectivity index (χ1) is 18.9. The molecule has 0 N–H and O–H groups in total. The lowest BCUT2D eigenvalue weighted by molar-refractivity contribution is 1.70. The third kappa shape index (κ3) is 2.54. The largest absolute Gasteiger partial charge is 0.0616 e. The second-order valence-electron chi connectivity index (χ2n) is 10.5. The summed E-state index contributed by atoms with van der Waals surface area (Å²) < 4.78 is 0. The molecule has 0 fully saturated rings. The Kier molecular flexibility index (Phi) is 3.88. The summed E-state index contributed by atoms with van der Waals surface area (Å²) in [6, 6.07) is 49.5. The van der Waals surface area contributed by atoms with Gasteiger partial charge in [-0.15, -0.1) is 0 Å². The zero-order valence-electron chi connectivity index (χ0n) is 20.7. The lowest BCUT2D eigenvalue weighted by atomic mass is 9.86. The Hall–Kier alpha value is -4.94. The summed E-state index contributed by atoms with van der Waals surface area (Å²) in [5.41, 5.74) is 7.98. The predicted molar refractivity (Wildman–Crippen MR) is 164 cm³/mol. The third-order valence-electron chi connectivity index (χ3n) is 8.56. The van der Waals surface area contributed by atoms with Crippen LogP contribution in [0.3, 0.4) is 0 Å². The SMILES string of the molecule is c1ccc2c(c1)-c1cccc3c1c-2cc1c2ccccc2c(-c2cc4ccccc4c4ccccc24)cc31. The monoisotopic (exact) mass is 478 g/mol. The smallest absolute Gasteiger partial charge is 0.00199 e. The Morgan fingerprint density at radius 2 is 0.711 bits per heavy atom. The molecule has 0 heteroatoms. The van der Waals surface area contributed by atoms with Gasteiger partial charge in [0.25, 0.3) is 0 Å². The lowest BCUT2D eigenvalue weighted by Gasteiger charge is -2.17. The van der Waals surface area contributed by atoms with E-state index in [0.717, 1.165) is 0 Å². The van der Waals surface area contributed by atoms with Gasteiger partial charge >= 0.3 is 0 Å². The number of rotatable bonds is 1. The molecule has 0 spiro atoms. The summed E-state index contributed by atoms with van der Waals surface area (Å²) in [6.07, 6.45) is 0. The average molecular weight is 479 g/mol. The molecule has 0 bridgehead atoms. The van der Waals surface area contributed by atoms with E-state index < -0.39 is 0 Å². The molecule has 0 saturated heterocycles. The molecule has 9 rings (SSSR count). The van der Waals surface area contributed by atoms with Gasteiger partial charge in [-0.3, -0.25) is 0 Å². The Labute approximate surface area is 220 Å². The van der Waals surface area contributed by atoms with E-state index in [9.17, 15) is 0 Å². The van der Waals surface area contributed by atoms with E-state index in [1.807, 2.05) is 0 Å². The zero-order valence-corrected chi connectivity index (χ0v) is 20.7. The third-order valence-corrected chi connectivity index (χ3v) is 8.56. The van der Waals surface area contributed by atoms with Crippen LogP contribution >= 0.6 is 0 Å². The number of benzene rings is 8. The molecule has 0 unspecified atom stereocenters. The van der Waals surface area contributed by atoms with Crippen LogP contribution in [-0.4, -0.2) is 0 Å². The molecule has 0 radical (unpaired) electrons. The second kappa shape index (κ2) is 7.31. The highest BCUT2D eigenvalue weighted by molar-refractivity contribution is 6.29. The van der Waals surface area contributed by atoms with Crippen LogP contribution in [0.1, 0.15) is 0 Å². The first-order valence-electron chi connectivity index (χ1n) is 13.3. The Bertz CT molecular complexity index is 2280. The van der Waals surface area contributed by atoms with E-state index in [2.05, 4.69) is 133 Å². The highest BCUT2D eigenvalue weighted by Gasteiger charge is 2.23. The molecular formula is C38H22. The average Bonchev–Trinajstić information content (AvgIpc) is 3.31. The van der Waals surface area contributed by atoms with E-state index in [1.54, 1.807) is 0 Å². The minimum Gasteiger partial charge on any atom is -0.0616 e. The quantitative estimate of drug-likeness (QED) is 0.206. The van der Waals surface area contributed by atoms with Crippen molar-refractivity contribution >= 4 is 53.9 Å². The predicted octanol–water partition coefficient (Wildman–Crippen LogP) is 10.8. The molecule has 38 heavy (non-hydrogen) atoms. The molecule has 0 saturated carbocycles. The molecule has 1 aliphatic rings. The summed E-state index contributed by atoms with van der Waals surface area (Å²) >= 11 is 0. The van der Waals surface area contributed by atoms with Crippen LogP contribution < -0.4 is 0 Å². The minimum absolute atomic E-state index is 1.28. The van der Waals surface area contributed by atoms with Crippen molar-refractivity contribution in [1.29, 1.82) is 0 Å². The van der Waals surface area contributed by atoms with Crippen LogP contribution in [0, 0.1) is 0 Å². The maximum atomic E-state index is 2.46. The fourth-order valence-electron chi connectivity index (χ4n) is 6.95. The van der Waals surface area contributed by atoms with E-state index in [1.165, 1.54) is 87.2 Å². The van der Waals surface area contributed by atoms with Crippen molar-refractivity contribution in [3.05, 3.63) is 133 Å². The first kappa shape index (κ1) is 20.2. The minimum atomic E-state index is 1.28. The Morgan fingerprint density at radius 1 is 0.237 bits per heavy atom. The molecule has 174 valence electrons. The molecule has 0 aromatic heterocycles. The van der Waals surface area contributed by atoms with Gasteiger partial charge < -0.3 is 0 Å². The van der Waals surface area contributed by atoms with Crippen LogP contribution in [0.5, 0.6) is 0 Å². The van der Waals surface area contributed by atoms with Crippen molar-refractivity contribution in [3.8, 4) is 33.4 Å². The van der Waals surface area contributed by atoms with E-state index in [0.29, 0.717) is 0 Å². The molecule has 0 amide bonds. The van der Waals surface area contributed by atoms with Gasteiger partial charge in [0, 0.05) is 0 Å². The van der Waals surface area contributed by atoms with Crippen LogP contribution in [0.4, 0.5) is 0 Å². The maximum absolute atomic E-state index is 2.46. The fourth-order valence-corrected chi connectivity index (χ4v) is 6.95. The molecule has 8 aromatic carbocycles. The number of hydrogen-bond acceptors (Lipinski definition) is 0.